The molecule has 1 fully saturated rings. The Morgan fingerprint density at radius 1 is 1.23 bits per heavy atom. The van der Waals surface area contributed by atoms with Crippen LogP contribution in [0.3, 0.4) is 0 Å². The van der Waals surface area contributed by atoms with Gasteiger partial charge in [0.05, 0.1) is 17.0 Å². The summed E-state index contributed by atoms with van der Waals surface area (Å²) in [6.45, 7) is 6.00. The molecule has 0 bridgehead atoms. The fourth-order valence-corrected chi connectivity index (χ4v) is 6.33. The number of aromatic nitrogens is 2. The molecule has 5 rings (SSSR count). The van der Waals surface area contributed by atoms with Crippen LogP contribution in [-0.4, -0.2) is 28.5 Å². The number of hydrogen-bond donors (Lipinski definition) is 0. The lowest BCUT2D eigenvalue weighted by Crippen LogP contribution is -2.46. The fourth-order valence-electron chi connectivity index (χ4n) is 6.33. The average Bonchev–Trinajstić information content (AvgIpc) is 3.34. The minimum atomic E-state index is -0.619. The van der Waals surface area contributed by atoms with Crippen molar-refractivity contribution >= 4 is 17.1 Å². The van der Waals surface area contributed by atoms with Gasteiger partial charge in [0.2, 0.25) is 0 Å². The Morgan fingerprint density at radius 3 is 2.71 bits per heavy atom. The molecule has 0 aliphatic heterocycles. The Kier molecular flexibility index (Phi) is 5.75. The zero-order chi connectivity index (χ0) is 24.9. The number of aliphatic imine (C=N–C) groups is 1. The van der Waals surface area contributed by atoms with Gasteiger partial charge in [0.15, 0.2) is 11.6 Å². The predicted molar refractivity (Wildman–Crippen MR) is 134 cm³/mol. The molecule has 5 nitrogen and oxygen atoms in total. The smallest absolute Gasteiger partial charge is 0.176 e. The highest BCUT2D eigenvalue weighted by atomic mass is 19.1. The first kappa shape index (κ1) is 23.3. The van der Waals surface area contributed by atoms with E-state index < -0.39 is 5.41 Å². The third-order valence-corrected chi connectivity index (χ3v) is 8.22. The van der Waals surface area contributed by atoms with Gasteiger partial charge < -0.3 is 0 Å². The summed E-state index contributed by atoms with van der Waals surface area (Å²) in [6.07, 6.45) is 6.10. The number of halogens is 1. The second kappa shape index (κ2) is 8.64. The lowest BCUT2D eigenvalue weighted by atomic mass is 9.57. The molecule has 0 amide bonds. The number of allylic oxidation sites excluding steroid dienone is 4. The van der Waals surface area contributed by atoms with Gasteiger partial charge in [0.25, 0.3) is 0 Å². The molecular formula is C29H29FN4O. The van der Waals surface area contributed by atoms with E-state index in [1.807, 2.05) is 27.0 Å². The van der Waals surface area contributed by atoms with Gasteiger partial charge >= 0.3 is 0 Å². The topological polar surface area (TPSA) is 79.0 Å². The van der Waals surface area contributed by atoms with Gasteiger partial charge in [0.1, 0.15) is 11.9 Å². The van der Waals surface area contributed by atoms with Crippen LogP contribution < -0.4 is 0 Å². The van der Waals surface area contributed by atoms with E-state index in [9.17, 15) is 10.1 Å². The molecule has 0 unspecified atom stereocenters. The molecule has 1 aromatic heterocycles. The third kappa shape index (κ3) is 3.56. The number of hydrogen-bond acceptors (Lipinski definition) is 5. The summed E-state index contributed by atoms with van der Waals surface area (Å²) < 4.78 is 15.1. The van der Waals surface area contributed by atoms with Crippen molar-refractivity contribution < 1.29 is 9.18 Å². The van der Waals surface area contributed by atoms with Crippen LogP contribution in [0.25, 0.3) is 16.8 Å². The van der Waals surface area contributed by atoms with Crippen LogP contribution in [0.1, 0.15) is 63.5 Å². The number of rotatable bonds is 2. The number of nitriles is 1. The summed E-state index contributed by atoms with van der Waals surface area (Å²) in [4.78, 5) is 27.4. The van der Waals surface area contributed by atoms with Crippen LogP contribution >= 0.6 is 0 Å². The van der Waals surface area contributed by atoms with E-state index in [2.05, 4.69) is 18.0 Å². The molecule has 178 valence electrons. The van der Waals surface area contributed by atoms with Crippen molar-refractivity contribution in [3.63, 3.8) is 0 Å². The highest BCUT2D eigenvalue weighted by Gasteiger charge is 2.49. The maximum atomic E-state index is 15.1. The van der Waals surface area contributed by atoms with Crippen molar-refractivity contribution in [3.8, 4) is 17.3 Å². The van der Waals surface area contributed by atoms with Gasteiger partial charge in [-0.15, -0.1) is 0 Å². The van der Waals surface area contributed by atoms with E-state index in [-0.39, 0.29) is 29.0 Å². The van der Waals surface area contributed by atoms with Crippen molar-refractivity contribution in [1.82, 2.24) is 9.97 Å². The van der Waals surface area contributed by atoms with Crippen LogP contribution in [0.4, 0.5) is 4.39 Å². The molecule has 0 spiro atoms. The summed E-state index contributed by atoms with van der Waals surface area (Å²) >= 11 is 0. The molecule has 1 aromatic carbocycles. The zero-order valence-corrected chi connectivity index (χ0v) is 20.7. The van der Waals surface area contributed by atoms with Gasteiger partial charge in [-0.2, -0.15) is 5.26 Å². The van der Waals surface area contributed by atoms with Gasteiger partial charge in [-0.1, -0.05) is 32.1 Å². The molecule has 3 atom stereocenters. The van der Waals surface area contributed by atoms with Crippen molar-refractivity contribution in [2.24, 2.45) is 16.8 Å². The quantitative estimate of drug-likeness (QED) is 0.558. The number of fused-ring (bicyclic) bond motifs is 3. The minimum absolute atomic E-state index is 0.0167. The minimum Gasteiger partial charge on any atom is -0.293 e. The molecule has 3 aliphatic rings. The van der Waals surface area contributed by atoms with E-state index in [0.717, 1.165) is 53.8 Å². The predicted octanol–water partition coefficient (Wildman–Crippen LogP) is 5.80. The molecule has 6 heteroatoms. The third-order valence-electron chi connectivity index (χ3n) is 8.22. The highest BCUT2D eigenvalue weighted by Crippen LogP contribution is 2.51. The molecule has 0 saturated heterocycles. The Labute approximate surface area is 205 Å². The summed E-state index contributed by atoms with van der Waals surface area (Å²) in [5.74, 6) is -0.123. The van der Waals surface area contributed by atoms with E-state index in [4.69, 9.17) is 9.97 Å². The zero-order valence-electron chi connectivity index (χ0n) is 20.7. The second-order valence-corrected chi connectivity index (χ2v) is 10.1. The Morgan fingerprint density at radius 2 is 2.00 bits per heavy atom. The number of benzene rings is 1. The fraction of sp³-hybridized carbons (Fsp3) is 0.414. The molecule has 3 aliphatic carbocycles. The standard InChI is InChI=1S/C29H29FN4O/c1-16(19-9-7-11-24(19)32-4)28-33-25(20-8-5-6-10-23(20)30)21-12-13-22-17(2)26(35)18(15-31)14-29(22,3)27(21)34-28/h5-6,8,10,14,17,22H,7,9,11-13H2,1-4H3/b19-16+,32-24-/t17-,22-,29-/m1/s1. The summed E-state index contributed by atoms with van der Waals surface area (Å²) in [5.41, 5.74) is 5.51. The van der Waals surface area contributed by atoms with Crippen molar-refractivity contribution in [3.05, 3.63) is 64.4 Å². The van der Waals surface area contributed by atoms with E-state index in [0.29, 0.717) is 23.5 Å². The summed E-state index contributed by atoms with van der Waals surface area (Å²) in [6, 6.07) is 8.82. The monoisotopic (exact) mass is 468 g/mol. The lowest BCUT2D eigenvalue weighted by molar-refractivity contribution is -0.121. The first-order valence-corrected chi connectivity index (χ1v) is 12.3. The van der Waals surface area contributed by atoms with Gasteiger partial charge in [-0.3, -0.25) is 9.79 Å². The first-order valence-electron chi connectivity index (χ1n) is 12.3. The lowest BCUT2D eigenvalue weighted by Gasteiger charge is -2.45. The number of carbonyl (C=O) groups excluding carboxylic acids is 1. The van der Waals surface area contributed by atoms with Crippen LogP contribution in [0, 0.1) is 29.0 Å². The summed E-state index contributed by atoms with van der Waals surface area (Å²) in [5, 5.41) is 9.70. The highest BCUT2D eigenvalue weighted by molar-refractivity contribution is 6.07. The Hall–Kier alpha value is -3.46. The Balaban J connectivity index is 1.82. The van der Waals surface area contributed by atoms with Gasteiger partial charge in [-0.05, 0) is 68.2 Å². The largest absolute Gasteiger partial charge is 0.293 e. The summed E-state index contributed by atoms with van der Waals surface area (Å²) in [7, 11) is 1.81. The number of carbonyl (C=O) groups is 1. The number of Topliss-reactive ketones (excluding diaryl/α,β-unsaturated/α-hetero) is 1. The van der Waals surface area contributed by atoms with Crippen LogP contribution in [0.2, 0.25) is 0 Å². The first-order chi connectivity index (χ1) is 16.8. The number of ketones is 1. The van der Waals surface area contributed by atoms with E-state index in [1.165, 1.54) is 6.07 Å². The van der Waals surface area contributed by atoms with Crippen LogP contribution in [0.5, 0.6) is 0 Å². The van der Waals surface area contributed by atoms with Crippen molar-refractivity contribution in [2.45, 2.75) is 58.3 Å². The van der Waals surface area contributed by atoms with E-state index >= 15 is 4.39 Å². The molecule has 35 heavy (non-hydrogen) atoms. The second-order valence-electron chi connectivity index (χ2n) is 10.1. The maximum Gasteiger partial charge on any atom is 0.176 e. The van der Waals surface area contributed by atoms with Gasteiger partial charge in [-0.25, -0.2) is 14.4 Å². The molecule has 0 N–H and O–H groups in total. The SMILES string of the molecule is C/N=C1/CCC/C1=C(/C)c1nc(-c2ccccc2F)c2c(n1)[C@]1(C)C=C(C#N)C(=O)[C@H](C)[C@H]1CC2. The van der Waals surface area contributed by atoms with Crippen molar-refractivity contribution in [2.75, 3.05) is 7.05 Å². The molecule has 1 saturated carbocycles. The average molecular weight is 469 g/mol. The maximum absolute atomic E-state index is 15.1. The van der Waals surface area contributed by atoms with Crippen LogP contribution in [-0.2, 0) is 16.6 Å². The molecule has 0 radical (unpaired) electrons. The molecule has 1 heterocycles. The van der Waals surface area contributed by atoms with E-state index in [1.54, 1.807) is 18.2 Å². The van der Waals surface area contributed by atoms with Crippen LogP contribution in [0.15, 0.2) is 46.5 Å². The number of nitrogens with zero attached hydrogens (tertiary/aromatic N) is 4. The normalized spacial score (nSPS) is 28.3. The van der Waals surface area contributed by atoms with Crippen molar-refractivity contribution in [1.29, 1.82) is 5.26 Å². The van der Waals surface area contributed by atoms with Gasteiger partial charge in [0, 0.05) is 35.2 Å². The molecular weight excluding hydrogens is 439 g/mol. The Bertz CT molecular complexity index is 1380. The molecule has 2 aromatic rings.